The summed E-state index contributed by atoms with van der Waals surface area (Å²) in [4.78, 5) is 26.4. The predicted molar refractivity (Wildman–Crippen MR) is 91.3 cm³/mol. The van der Waals surface area contributed by atoms with E-state index in [9.17, 15) is 13.8 Å². The lowest BCUT2D eigenvalue weighted by Gasteiger charge is -2.58. The van der Waals surface area contributed by atoms with Gasteiger partial charge in [-0.3, -0.25) is 9.35 Å². The minimum atomic E-state index is -2.54. The van der Waals surface area contributed by atoms with Crippen LogP contribution in [0.4, 0.5) is 4.79 Å². The lowest BCUT2D eigenvalue weighted by molar-refractivity contribution is -0.129. The number of piperidine rings is 1. The topological polar surface area (TPSA) is 102 Å². The van der Waals surface area contributed by atoms with Crippen molar-refractivity contribution in [3.63, 3.8) is 0 Å². The summed E-state index contributed by atoms with van der Waals surface area (Å²) in [7, 11) is 0. The highest BCUT2D eigenvalue weighted by Gasteiger charge is 2.54. The van der Waals surface area contributed by atoms with E-state index in [1.807, 2.05) is 0 Å². The van der Waals surface area contributed by atoms with Crippen LogP contribution in [0, 0.1) is 5.41 Å². The van der Waals surface area contributed by atoms with Crippen molar-refractivity contribution in [1.29, 1.82) is 0 Å². The van der Waals surface area contributed by atoms with Crippen LogP contribution in [0.2, 0.25) is 0 Å². The molecule has 0 radical (unpaired) electrons. The third kappa shape index (κ3) is 3.05. The minimum Gasteiger partial charge on any atom is -0.352 e. The van der Waals surface area contributed by atoms with Crippen LogP contribution in [-0.4, -0.2) is 79.0 Å². The van der Waals surface area contributed by atoms with Gasteiger partial charge in [-0.1, -0.05) is 11.9 Å². The summed E-state index contributed by atoms with van der Waals surface area (Å²) in [5.41, 5.74) is 0.373. The van der Waals surface area contributed by atoms with E-state index in [1.165, 1.54) is 4.90 Å². The molecule has 4 fully saturated rings. The monoisotopic (exact) mass is 390 g/mol. The first-order valence-electron chi connectivity index (χ1n) is 8.39. The van der Waals surface area contributed by atoms with E-state index in [4.69, 9.17) is 4.55 Å². The summed E-state index contributed by atoms with van der Waals surface area (Å²) in [6, 6.07) is -1.12. The van der Waals surface area contributed by atoms with E-state index >= 15 is 0 Å². The molecular weight excluding hydrogens is 368 g/mol. The van der Waals surface area contributed by atoms with Crippen LogP contribution in [0.1, 0.15) is 25.7 Å². The fourth-order valence-corrected chi connectivity index (χ4v) is 5.67. The molecule has 2 bridgehead atoms. The molecular formula is C14H22N4O5S2. The van der Waals surface area contributed by atoms with E-state index in [1.54, 1.807) is 11.9 Å². The molecule has 3 saturated heterocycles. The molecule has 1 spiro atoms. The van der Waals surface area contributed by atoms with Crippen molar-refractivity contribution < 1.29 is 22.6 Å². The highest BCUT2D eigenvalue weighted by atomic mass is 32.2. The molecule has 1 aliphatic carbocycles. The van der Waals surface area contributed by atoms with Crippen molar-refractivity contribution in [1.82, 2.24) is 19.6 Å². The number of urea groups is 1. The SMILES string of the molecule is CSN1CC2(CC(NC(=O)C3CCC4CN3C(=O)N4OS(=O)O)C2)C1. The van der Waals surface area contributed by atoms with Gasteiger partial charge in [0.1, 0.15) is 6.04 Å². The van der Waals surface area contributed by atoms with Gasteiger partial charge >= 0.3 is 17.4 Å². The molecule has 2 N–H and O–H groups in total. The molecule has 3 atom stereocenters. The van der Waals surface area contributed by atoms with Gasteiger partial charge in [-0.05, 0) is 31.9 Å². The summed E-state index contributed by atoms with van der Waals surface area (Å²) in [6.45, 7) is 2.52. The molecule has 11 heteroatoms. The zero-order valence-corrected chi connectivity index (χ0v) is 15.6. The molecule has 4 aliphatic rings. The molecule has 1 saturated carbocycles. The predicted octanol–water partition coefficient (Wildman–Crippen LogP) is 0.182. The lowest BCUT2D eigenvalue weighted by Crippen LogP contribution is -2.65. The van der Waals surface area contributed by atoms with E-state index in [0.717, 1.165) is 31.0 Å². The maximum atomic E-state index is 12.6. The van der Waals surface area contributed by atoms with Crippen molar-refractivity contribution in [2.24, 2.45) is 5.41 Å². The standard InChI is InChI=1S/C14H22N4O5S2/c1-24-16-7-14(8-16)4-9(5-14)15-12(19)11-3-2-10-6-17(11)13(20)18(10)23-25(21)22/h9-11H,2-8H2,1H3,(H,15,19)(H,21,22). The molecule has 3 unspecified atom stereocenters. The Bertz CT molecular complexity index is 606. The summed E-state index contributed by atoms with van der Waals surface area (Å²) in [6.07, 6.45) is 5.19. The van der Waals surface area contributed by atoms with Crippen molar-refractivity contribution >= 4 is 35.2 Å². The van der Waals surface area contributed by atoms with Gasteiger partial charge in [-0.2, -0.15) is 9.27 Å². The van der Waals surface area contributed by atoms with Gasteiger partial charge in [0, 0.05) is 31.1 Å². The molecule has 4 rings (SSSR count). The van der Waals surface area contributed by atoms with Crippen LogP contribution in [-0.2, 0) is 20.4 Å². The Labute approximate surface area is 153 Å². The average Bonchev–Trinajstić information content (AvgIpc) is 2.73. The van der Waals surface area contributed by atoms with E-state index in [-0.39, 0.29) is 18.0 Å². The fourth-order valence-electron chi connectivity index (χ4n) is 4.55. The average molecular weight is 390 g/mol. The smallest absolute Gasteiger partial charge is 0.346 e. The zero-order valence-electron chi connectivity index (χ0n) is 13.9. The van der Waals surface area contributed by atoms with Gasteiger partial charge in [0.2, 0.25) is 5.91 Å². The van der Waals surface area contributed by atoms with Gasteiger partial charge in [0.05, 0.1) is 6.04 Å². The second-order valence-electron chi connectivity index (χ2n) is 7.39. The van der Waals surface area contributed by atoms with Crippen LogP contribution in [0.25, 0.3) is 0 Å². The number of amides is 3. The van der Waals surface area contributed by atoms with Gasteiger partial charge in [0.25, 0.3) is 0 Å². The molecule has 3 aliphatic heterocycles. The van der Waals surface area contributed by atoms with Crippen LogP contribution in [0.3, 0.4) is 0 Å². The minimum absolute atomic E-state index is 0.125. The van der Waals surface area contributed by atoms with Crippen LogP contribution in [0.5, 0.6) is 0 Å². The van der Waals surface area contributed by atoms with E-state index < -0.39 is 23.4 Å². The fraction of sp³-hybridized carbons (Fsp3) is 0.857. The largest absolute Gasteiger partial charge is 0.352 e. The molecule has 0 aromatic heterocycles. The number of hydrogen-bond donors (Lipinski definition) is 2. The number of nitrogens with zero attached hydrogens (tertiary/aromatic N) is 3. The van der Waals surface area contributed by atoms with Gasteiger partial charge in [-0.15, -0.1) is 4.28 Å². The molecule has 9 nitrogen and oxygen atoms in total. The number of hydroxylamine groups is 2. The van der Waals surface area contributed by atoms with Crippen molar-refractivity contribution in [3.05, 3.63) is 0 Å². The Balaban J connectivity index is 1.30. The first-order valence-corrected chi connectivity index (χ1v) is 10.6. The Hall–Kier alpha value is -0.880. The van der Waals surface area contributed by atoms with Gasteiger partial charge in [-0.25, -0.2) is 9.10 Å². The molecule has 25 heavy (non-hydrogen) atoms. The Morgan fingerprint density at radius 1 is 1.40 bits per heavy atom. The Morgan fingerprint density at radius 2 is 2.12 bits per heavy atom. The zero-order chi connectivity index (χ0) is 17.8. The molecule has 3 amide bonds. The molecule has 0 aromatic carbocycles. The quantitative estimate of drug-likeness (QED) is 0.510. The normalized spacial score (nSPS) is 32.5. The first-order chi connectivity index (χ1) is 11.9. The highest BCUT2D eigenvalue weighted by molar-refractivity contribution is 7.96. The second-order valence-corrected chi connectivity index (χ2v) is 8.86. The highest BCUT2D eigenvalue weighted by Crippen LogP contribution is 2.50. The number of hydrogen-bond acceptors (Lipinski definition) is 6. The maximum absolute atomic E-state index is 12.6. The number of carbonyl (C=O) groups excluding carboxylic acids is 2. The van der Waals surface area contributed by atoms with Crippen LogP contribution in [0.15, 0.2) is 0 Å². The van der Waals surface area contributed by atoms with Crippen molar-refractivity contribution in [2.45, 2.75) is 43.8 Å². The Morgan fingerprint density at radius 3 is 2.76 bits per heavy atom. The van der Waals surface area contributed by atoms with Gasteiger partial charge < -0.3 is 10.2 Å². The molecule has 140 valence electrons. The van der Waals surface area contributed by atoms with E-state index in [2.05, 4.69) is 20.2 Å². The maximum Gasteiger partial charge on any atom is 0.346 e. The van der Waals surface area contributed by atoms with E-state index in [0.29, 0.717) is 24.8 Å². The first kappa shape index (κ1) is 17.5. The van der Waals surface area contributed by atoms with Crippen molar-refractivity contribution in [2.75, 3.05) is 25.9 Å². The summed E-state index contributed by atoms with van der Waals surface area (Å²) in [5, 5.41) is 4.01. The number of carbonyl (C=O) groups is 2. The molecule has 3 heterocycles. The van der Waals surface area contributed by atoms with Crippen LogP contribution >= 0.6 is 11.9 Å². The summed E-state index contributed by atoms with van der Waals surface area (Å²) < 4.78 is 26.7. The van der Waals surface area contributed by atoms with Crippen LogP contribution < -0.4 is 5.32 Å². The Kier molecular flexibility index (Phi) is 4.47. The second kappa shape index (κ2) is 6.38. The number of rotatable bonds is 5. The summed E-state index contributed by atoms with van der Waals surface area (Å²) in [5.74, 6) is -0.125. The number of fused-ring (bicyclic) bond motifs is 2. The van der Waals surface area contributed by atoms with Gasteiger partial charge in [0.15, 0.2) is 0 Å². The molecule has 0 aromatic rings. The third-order valence-corrected chi connectivity index (χ3v) is 6.82. The third-order valence-electron chi connectivity index (χ3n) is 5.76. The lowest BCUT2D eigenvalue weighted by atomic mass is 9.61. The summed E-state index contributed by atoms with van der Waals surface area (Å²) >= 11 is -0.785. The number of nitrogens with one attached hydrogen (secondary N) is 1. The van der Waals surface area contributed by atoms with Crippen molar-refractivity contribution in [3.8, 4) is 0 Å².